The molecule has 0 fully saturated rings. The molecule has 0 radical (unpaired) electrons. The first kappa shape index (κ1) is 9.65. The Bertz CT molecular complexity index is 325. The molecule has 3 N–H and O–H groups in total. The zero-order valence-electron chi connectivity index (χ0n) is 8.03. The number of aliphatic hydroxyl groups excluding tert-OH is 2. The molecule has 14 heavy (non-hydrogen) atoms. The van der Waals surface area contributed by atoms with Crippen molar-refractivity contribution in [2.45, 2.75) is 19.1 Å². The van der Waals surface area contributed by atoms with E-state index in [2.05, 4.69) is 5.32 Å². The summed E-state index contributed by atoms with van der Waals surface area (Å²) in [6.07, 6.45) is 0.998. The average molecular weight is 193 g/mol. The number of benzene rings is 1. The summed E-state index contributed by atoms with van der Waals surface area (Å²) in [4.78, 5) is 0. The standard InChI is InChI=1S/C11H15NO2/c13-6-8-1-2-9-3-4-12-11(7-14)10(9)5-8/h1-2,5,11-14H,3-4,6-7H2/t11-/m0/s1. The Kier molecular flexibility index (Phi) is 2.82. The molecule has 0 aromatic heterocycles. The van der Waals surface area contributed by atoms with Crippen LogP contribution in [0.3, 0.4) is 0 Å². The van der Waals surface area contributed by atoms with Gasteiger partial charge in [0.2, 0.25) is 0 Å². The zero-order chi connectivity index (χ0) is 9.97. The summed E-state index contributed by atoms with van der Waals surface area (Å²) < 4.78 is 0. The van der Waals surface area contributed by atoms with Crippen LogP contribution in [0.2, 0.25) is 0 Å². The zero-order valence-corrected chi connectivity index (χ0v) is 8.03. The van der Waals surface area contributed by atoms with Crippen LogP contribution in [0.15, 0.2) is 18.2 Å². The lowest BCUT2D eigenvalue weighted by Crippen LogP contribution is -2.32. The average Bonchev–Trinajstić information content (AvgIpc) is 2.27. The van der Waals surface area contributed by atoms with Crippen LogP contribution < -0.4 is 5.32 Å². The molecule has 0 bridgehead atoms. The molecule has 0 saturated heterocycles. The van der Waals surface area contributed by atoms with Gasteiger partial charge in [0.1, 0.15) is 0 Å². The molecule has 1 atom stereocenters. The lowest BCUT2D eigenvalue weighted by atomic mass is 9.93. The van der Waals surface area contributed by atoms with Gasteiger partial charge in [0.15, 0.2) is 0 Å². The van der Waals surface area contributed by atoms with Gasteiger partial charge in [-0.2, -0.15) is 0 Å². The van der Waals surface area contributed by atoms with Gasteiger partial charge in [-0.1, -0.05) is 18.2 Å². The predicted octanol–water partition coefficient (Wildman–Crippen LogP) is 0.358. The highest BCUT2D eigenvalue weighted by atomic mass is 16.3. The molecule has 0 amide bonds. The Morgan fingerprint density at radius 1 is 1.36 bits per heavy atom. The largest absolute Gasteiger partial charge is 0.394 e. The summed E-state index contributed by atoms with van der Waals surface area (Å²) in [5.41, 5.74) is 3.32. The topological polar surface area (TPSA) is 52.5 Å². The third-order valence-electron chi connectivity index (χ3n) is 2.74. The maximum Gasteiger partial charge on any atom is 0.0681 e. The highest BCUT2D eigenvalue weighted by Gasteiger charge is 2.18. The van der Waals surface area contributed by atoms with E-state index in [0.717, 1.165) is 24.1 Å². The third-order valence-corrected chi connectivity index (χ3v) is 2.74. The Hall–Kier alpha value is -0.900. The molecule has 0 aliphatic carbocycles. The molecule has 0 unspecified atom stereocenters. The van der Waals surface area contributed by atoms with Gasteiger partial charge in [0, 0.05) is 0 Å². The van der Waals surface area contributed by atoms with Gasteiger partial charge in [-0.25, -0.2) is 0 Å². The Labute approximate surface area is 83.4 Å². The van der Waals surface area contributed by atoms with Gasteiger partial charge in [0.05, 0.1) is 19.3 Å². The molecule has 0 spiro atoms. The molecule has 1 aliphatic rings. The van der Waals surface area contributed by atoms with Crippen LogP contribution in [0.4, 0.5) is 0 Å². The second-order valence-corrected chi connectivity index (χ2v) is 3.63. The Morgan fingerprint density at radius 3 is 2.93 bits per heavy atom. The SMILES string of the molecule is OCc1ccc2c(c1)[C@H](CO)NCC2. The highest BCUT2D eigenvalue weighted by Crippen LogP contribution is 2.23. The van der Waals surface area contributed by atoms with E-state index in [9.17, 15) is 5.11 Å². The molecule has 3 heteroatoms. The van der Waals surface area contributed by atoms with Crippen LogP contribution in [-0.2, 0) is 13.0 Å². The number of fused-ring (bicyclic) bond motifs is 1. The number of hydrogen-bond acceptors (Lipinski definition) is 3. The molecule has 1 aromatic carbocycles. The fourth-order valence-corrected chi connectivity index (χ4v) is 1.95. The normalized spacial score (nSPS) is 20.6. The summed E-state index contributed by atoms with van der Waals surface area (Å²) in [7, 11) is 0. The molecule has 1 heterocycles. The van der Waals surface area contributed by atoms with Crippen molar-refractivity contribution in [3.8, 4) is 0 Å². The Balaban J connectivity index is 2.38. The first-order valence-corrected chi connectivity index (χ1v) is 4.92. The van der Waals surface area contributed by atoms with Crippen LogP contribution in [0.5, 0.6) is 0 Å². The molecule has 3 nitrogen and oxygen atoms in total. The smallest absolute Gasteiger partial charge is 0.0681 e. The third kappa shape index (κ3) is 1.66. The second kappa shape index (κ2) is 4.09. The van der Waals surface area contributed by atoms with E-state index in [-0.39, 0.29) is 19.3 Å². The van der Waals surface area contributed by atoms with Gasteiger partial charge < -0.3 is 15.5 Å². The highest BCUT2D eigenvalue weighted by molar-refractivity contribution is 5.36. The van der Waals surface area contributed by atoms with E-state index in [0.29, 0.717) is 0 Å². The quantitative estimate of drug-likeness (QED) is 0.635. The maximum absolute atomic E-state index is 9.18. The molecule has 0 saturated carbocycles. The minimum atomic E-state index is 0.0326. The first-order valence-electron chi connectivity index (χ1n) is 4.92. The lowest BCUT2D eigenvalue weighted by molar-refractivity contribution is 0.239. The molecular formula is C11H15NO2. The number of hydrogen-bond donors (Lipinski definition) is 3. The van der Waals surface area contributed by atoms with E-state index in [1.807, 2.05) is 18.2 Å². The number of rotatable bonds is 2. The van der Waals surface area contributed by atoms with Crippen molar-refractivity contribution < 1.29 is 10.2 Å². The summed E-state index contributed by atoms with van der Waals surface area (Å²) in [5, 5.41) is 21.4. The van der Waals surface area contributed by atoms with Gasteiger partial charge in [-0.3, -0.25) is 0 Å². The van der Waals surface area contributed by atoms with Crippen LogP contribution in [0.25, 0.3) is 0 Å². The van der Waals surface area contributed by atoms with Crippen molar-refractivity contribution in [1.82, 2.24) is 5.32 Å². The fraction of sp³-hybridized carbons (Fsp3) is 0.455. The lowest BCUT2D eigenvalue weighted by Gasteiger charge is -2.25. The summed E-state index contributed by atoms with van der Waals surface area (Å²) in [6, 6.07) is 6.00. The van der Waals surface area contributed by atoms with E-state index in [4.69, 9.17) is 5.11 Å². The van der Waals surface area contributed by atoms with E-state index < -0.39 is 0 Å². The molecule has 76 valence electrons. The van der Waals surface area contributed by atoms with Crippen molar-refractivity contribution in [2.75, 3.05) is 13.2 Å². The van der Waals surface area contributed by atoms with Gasteiger partial charge >= 0.3 is 0 Å². The molecule has 2 rings (SSSR count). The first-order chi connectivity index (χ1) is 6.85. The van der Waals surface area contributed by atoms with Crippen LogP contribution in [0.1, 0.15) is 22.7 Å². The van der Waals surface area contributed by atoms with Crippen LogP contribution >= 0.6 is 0 Å². The maximum atomic E-state index is 9.18. The predicted molar refractivity (Wildman–Crippen MR) is 53.9 cm³/mol. The van der Waals surface area contributed by atoms with Crippen molar-refractivity contribution in [1.29, 1.82) is 0 Å². The monoisotopic (exact) mass is 193 g/mol. The van der Waals surface area contributed by atoms with E-state index >= 15 is 0 Å². The summed E-state index contributed by atoms with van der Waals surface area (Å²) in [6.45, 7) is 1.09. The van der Waals surface area contributed by atoms with E-state index in [1.165, 1.54) is 5.56 Å². The summed E-state index contributed by atoms with van der Waals surface area (Å²) >= 11 is 0. The summed E-state index contributed by atoms with van der Waals surface area (Å²) in [5.74, 6) is 0. The minimum absolute atomic E-state index is 0.0326. The van der Waals surface area contributed by atoms with Gasteiger partial charge in [0.25, 0.3) is 0 Å². The van der Waals surface area contributed by atoms with Crippen molar-refractivity contribution >= 4 is 0 Å². The molecular weight excluding hydrogens is 178 g/mol. The fourth-order valence-electron chi connectivity index (χ4n) is 1.95. The van der Waals surface area contributed by atoms with Crippen molar-refractivity contribution in [3.63, 3.8) is 0 Å². The van der Waals surface area contributed by atoms with Crippen LogP contribution in [-0.4, -0.2) is 23.4 Å². The van der Waals surface area contributed by atoms with Crippen LogP contribution in [0, 0.1) is 0 Å². The Morgan fingerprint density at radius 2 is 2.21 bits per heavy atom. The molecule has 1 aromatic rings. The van der Waals surface area contributed by atoms with Gasteiger partial charge in [-0.15, -0.1) is 0 Å². The van der Waals surface area contributed by atoms with E-state index in [1.54, 1.807) is 0 Å². The van der Waals surface area contributed by atoms with Gasteiger partial charge in [-0.05, 0) is 29.7 Å². The van der Waals surface area contributed by atoms with Crippen molar-refractivity contribution in [3.05, 3.63) is 34.9 Å². The number of aliphatic hydroxyl groups is 2. The number of nitrogens with one attached hydrogen (secondary N) is 1. The van der Waals surface area contributed by atoms with Crippen molar-refractivity contribution in [2.24, 2.45) is 0 Å². The molecule has 1 aliphatic heterocycles. The minimum Gasteiger partial charge on any atom is -0.394 e. The second-order valence-electron chi connectivity index (χ2n) is 3.63.